The molecule has 1 amide bonds. The fourth-order valence-electron chi connectivity index (χ4n) is 3.84. The van der Waals surface area contributed by atoms with Crippen LogP contribution in [-0.2, 0) is 11.3 Å². The van der Waals surface area contributed by atoms with Gasteiger partial charge in [0.05, 0.1) is 0 Å². The molecule has 5 nitrogen and oxygen atoms in total. The molecule has 0 spiro atoms. The van der Waals surface area contributed by atoms with Crippen molar-refractivity contribution in [3.63, 3.8) is 0 Å². The molecule has 136 valence electrons. The van der Waals surface area contributed by atoms with E-state index in [9.17, 15) is 4.79 Å². The summed E-state index contributed by atoms with van der Waals surface area (Å²) < 4.78 is 11.3. The molecule has 1 aliphatic carbocycles. The first-order valence-corrected chi connectivity index (χ1v) is 9.66. The Morgan fingerprint density at radius 3 is 2.84 bits per heavy atom. The van der Waals surface area contributed by atoms with Crippen LogP contribution in [-0.4, -0.2) is 43.2 Å². The van der Waals surface area contributed by atoms with E-state index in [1.165, 1.54) is 31.2 Å². The van der Waals surface area contributed by atoms with E-state index in [4.69, 9.17) is 9.47 Å². The molecule has 1 N–H and O–H groups in total. The van der Waals surface area contributed by atoms with Crippen molar-refractivity contribution in [3.8, 4) is 11.5 Å². The predicted molar refractivity (Wildman–Crippen MR) is 95.8 cm³/mol. The highest BCUT2D eigenvalue weighted by Gasteiger charge is 2.25. The van der Waals surface area contributed by atoms with Crippen LogP contribution in [0, 0.1) is 5.92 Å². The summed E-state index contributed by atoms with van der Waals surface area (Å²) in [6, 6.07) is 6.75. The Labute approximate surface area is 149 Å². The lowest BCUT2D eigenvalue weighted by atomic mass is 9.93. The highest BCUT2D eigenvalue weighted by molar-refractivity contribution is 5.76. The molecule has 1 saturated carbocycles. The third kappa shape index (κ3) is 4.66. The standard InChI is InChI=1S/C20H28N2O3/c23-20(21-17-5-6-17)8-4-15-2-1-9-22(13-15)14-16-3-7-18-19(12-16)25-11-10-24-18/h3,7,12,15,17H,1-2,4-6,8-11,13-14H2,(H,21,23)/t15-/m1/s1. The van der Waals surface area contributed by atoms with E-state index >= 15 is 0 Å². The first-order chi connectivity index (χ1) is 12.3. The summed E-state index contributed by atoms with van der Waals surface area (Å²) in [7, 11) is 0. The van der Waals surface area contributed by atoms with Gasteiger partial charge in [0, 0.05) is 25.6 Å². The maximum atomic E-state index is 11.9. The van der Waals surface area contributed by atoms with Gasteiger partial charge in [0.25, 0.3) is 0 Å². The number of rotatable bonds is 6. The number of hydrogen-bond donors (Lipinski definition) is 1. The minimum absolute atomic E-state index is 0.242. The summed E-state index contributed by atoms with van der Waals surface area (Å²) in [5, 5.41) is 3.10. The van der Waals surface area contributed by atoms with Crippen molar-refractivity contribution in [2.75, 3.05) is 26.3 Å². The molecule has 2 heterocycles. The minimum Gasteiger partial charge on any atom is -0.486 e. The molecule has 5 heteroatoms. The molecule has 2 aliphatic heterocycles. The van der Waals surface area contributed by atoms with Crippen LogP contribution >= 0.6 is 0 Å². The maximum absolute atomic E-state index is 11.9. The summed E-state index contributed by atoms with van der Waals surface area (Å²) in [6.07, 6.45) is 6.49. The monoisotopic (exact) mass is 344 g/mol. The molecular formula is C20H28N2O3. The predicted octanol–water partition coefficient (Wildman–Crippen LogP) is 2.73. The number of carbonyl (C=O) groups is 1. The van der Waals surface area contributed by atoms with Crippen molar-refractivity contribution in [3.05, 3.63) is 23.8 Å². The smallest absolute Gasteiger partial charge is 0.220 e. The van der Waals surface area contributed by atoms with Gasteiger partial charge in [-0.15, -0.1) is 0 Å². The number of ether oxygens (including phenoxy) is 2. The highest BCUT2D eigenvalue weighted by atomic mass is 16.6. The van der Waals surface area contributed by atoms with E-state index in [1.807, 2.05) is 6.07 Å². The lowest BCUT2D eigenvalue weighted by molar-refractivity contribution is -0.121. The zero-order valence-corrected chi connectivity index (χ0v) is 14.8. The molecule has 1 saturated heterocycles. The SMILES string of the molecule is O=C(CC[C@H]1CCCN(Cc2ccc3c(c2)OCCO3)C1)NC1CC1. The second-order valence-corrected chi connectivity index (χ2v) is 7.60. The van der Waals surface area contributed by atoms with Gasteiger partial charge >= 0.3 is 0 Å². The molecule has 4 rings (SSSR count). The Kier molecular flexibility index (Phi) is 5.11. The normalized spacial score (nSPS) is 23.3. The molecular weight excluding hydrogens is 316 g/mol. The van der Waals surface area contributed by atoms with Gasteiger partial charge in [0.2, 0.25) is 5.91 Å². The average molecular weight is 344 g/mol. The van der Waals surface area contributed by atoms with Gasteiger partial charge in [-0.25, -0.2) is 0 Å². The van der Waals surface area contributed by atoms with Crippen molar-refractivity contribution in [1.82, 2.24) is 10.2 Å². The third-order valence-electron chi connectivity index (χ3n) is 5.34. The van der Waals surface area contributed by atoms with Gasteiger partial charge in [-0.2, -0.15) is 0 Å². The van der Waals surface area contributed by atoms with E-state index in [1.54, 1.807) is 0 Å². The average Bonchev–Trinajstić information content (AvgIpc) is 3.44. The van der Waals surface area contributed by atoms with Gasteiger partial charge in [-0.3, -0.25) is 9.69 Å². The Hall–Kier alpha value is -1.75. The third-order valence-corrected chi connectivity index (χ3v) is 5.34. The van der Waals surface area contributed by atoms with Crippen LogP contribution in [0.3, 0.4) is 0 Å². The van der Waals surface area contributed by atoms with Crippen molar-refractivity contribution < 1.29 is 14.3 Å². The molecule has 25 heavy (non-hydrogen) atoms. The number of nitrogens with zero attached hydrogens (tertiary/aromatic N) is 1. The zero-order chi connectivity index (χ0) is 17.1. The second kappa shape index (κ2) is 7.65. The number of amides is 1. The first-order valence-electron chi connectivity index (χ1n) is 9.66. The molecule has 1 aromatic carbocycles. The number of likely N-dealkylation sites (tertiary alicyclic amines) is 1. The molecule has 0 bridgehead atoms. The van der Waals surface area contributed by atoms with E-state index in [0.29, 0.717) is 31.6 Å². The topological polar surface area (TPSA) is 50.8 Å². The van der Waals surface area contributed by atoms with E-state index in [2.05, 4.69) is 22.3 Å². The number of nitrogens with one attached hydrogen (secondary N) is 1. The van der Waals surface area contributed by atoms with E-state index in [0.717, 1.165) is 37.6 Å². The quantitative estimate of drug-likeness (QED) is 0.862. The fourth-order valence-corrected chi connectivity index (χ4v) is 3.84. The van der Waals surface area contributed by atoms with Crippen LogP contribution in [0.4, 0.5) is 0 Å². The van der Waals surface area contributed by atoms with Gasteiger partial charge in [-0.05, 0) is 62.3 Å². The van der Waals surface area contributed by atoms with Gasteiger partial charge < -0.3 is 14.8 Å². The van der Waals surface area contributed by atoms with Crippen LogP contribution in [0.15, 0.2) is 18.2 Å². The van der Waals surface area contributed by atoms with Gasteiger partial charge in [0.1, 0.15) is 13.2 Å². The van der Waals surface area contributed by atoms with Gasteiger partial charge in [0.15, 0.2) is 11.5 Å². The number of benzene rings is 1. The number of carbonyl (C=O) groups excluding carboxylic acids is 1. The first kappa shape index (κ1) is 16.7. The van der Waals surface area contributed by atoms with E-state index < -0.39 is 0 Å². The van der Waals surface area contributed by atoms with Crippen molar-refractivity contribution >= 4 is 5.91 Å². The Balaban J connectivity index is 1.26. The maximum Gasteiger partial charge on any atom is 0.220 e. The van der Waals surface area contributed by atoms with Crippen molar-refractivity contribution in [2.45, 2.75) is 51.1 Å². The van der Waals surface area contributed by atoms with Crippen LogP contribution in [0.2, 0.25) is 0 Å². The lowest BCUT2D eigenvalue weighted by Gasteiger charge is -2.33. The van der Waals surface area contributed by atoms with Crippen molar-refractivity contribution in [1.29, 1.82) is 0 Å². The van der Waals surface area contributed by atoms with Crippen LogP contribution in [0.1, 0.15) is 44.1 Å². The Morgan fingerprint density at radius 2 is 2.00 bits per heavy atom. The summed E-state index contributed by atoms with van der Waals surface area (Å²) >= 11 is 0. The van der Waals surface area contributed by atoms with Crippen LogP contribution in [0.5, 0.6) is 11.5 Å². The Bertz CT molecular complexity index is 615. The van der Waals surface area contributed by atoms with Gasteiger partial charge in [-0.1, -0.05) is 6.07 Å². The lowest BCUT2D eigenvalue weighted by Crippen LogP contribution is -2.35. The van der Waals surface area contributed by atoms with Crippen molar-refractivity contribution in [2.24, 2.45) is 5.92 Å². The zero-order valence-electron chi connectivity index (χ0n) is 14.8. The summed E-state index contributed by atoms with van der Waals surface area (Å²) in [5.74, 6) is 2.60. The Morgan fingerprint density at radius 1 is 1.16 bits per heavy atom. The summed E-state index contributed by atoms with van der Waals surface area (Å²) in [6.45, 7) is 4.44. The van der Waals surface area contributed by atoms with Crippen LogP contribution in [0.25, 0.3) is 0 Å². The second-order valence-electron chi connectivity index (χ2n) is 7.60. The molecule has 0 unspecified atom stereocenters. The summed E-state index contributed by atoms with van der Waals surface area (Å²) in [4.78, 5) is 14.4. The summed E-state index contributed by atoms with van der Waals surface area (Å²) in [5.41, 5.74) is 1.27. The van der Waals surface area contributed by atoms with Crippen LogP contribution < -0.4 is 14.8 Å². The molecule has 1 aromatic rings. The number of fused-ring (bicyclic) bond motifs is 1. The number of hydrogen-bond acceptors (Lipinski definition) is 4. The highest BCUT2D eigenvalue weighted by Crippen LogP contribution is 2.32. The molecule has 1 atom stereocenters. The van der Waals surface area contributed by atoms with E-state index in [-0.39, 0.29) is 5.91 Å². The number of piperidine rings is 1. The molecule has 3 aliphatic rings. The fraction of sp³-hybridized carbons (Fsp3) is 0.650. The minimum atomic E-state index is 0.242. The molecule has 2 fully saturated rings. The molecule has 0 radical (unpaired) electrons. The molecule has 0 aromatic heterocycles. The largest absolute Gasteiger partial charge is 0.486 e.